The van der Waals surface area contributed by atoms with Crippen molar-refractivity contribution in [3.05, 3.63) is 88.3 Å². The molecule has 0 saturated carbocycles. The molecule has 2 aromatic heterocycles. The average molecular weight is 388 g/mol. The van der Waals surface area contributed by atoms with Crippen LogP contribution in [0.2, 0.25) is 5.02 Å². The highest BCUT2D eigenvalue weighted by molar-refractivity contribution is 6.30. The van der Waals surface area contributed by atoms with Crippen molar-refractivity contribution in [3.63, 3.8) is 0 Å². The maximum absolute atomic E-state index is 12.8. The van der Waals surface area contributed by atoms with Gasteiger partial charge in [-0.25, -0.2) is 9.50 Å². The highest BCUT2D eigenvalue weighted by Gasteiger charge is 2.29. The topological polar surface area (TPSA) is 47.3 Å². The van der Waals surface area contributed by atoms with Crippen LogP contribution in [0.5, 0.6) is 0 Å². The van der Waals surface area contributed by atoms with Crippen LogP contribution in [-0.2, 0) is 6.42 Å². The van der Waals surface area contributed by atoms with E-state index in [0.717, 1.165) is 34.6 Å². The number of Topliss-reactive ketones (excluding diaryl/α,β-unsaturated/α-hetero) is 1. The number of fused-ring (bicyclic) bond motifs is 2. The third kappa shape index (κ3) is 2.81. The summed E-state index contributed by atoms with van der Waals surface area (Å²) in [5, 5.41) is 5.29. The Balaban J connectivity index is 1.64. The third-order valence-corrected chi connectivity index (χ3v) is 5.69. The predicted octanol–water partition coefficient (Wildman–Crippen LogP) is 5.27. The van der Waals surface area contributed by atoms with Gasteiger partial charge in [0.1, 0.15) is 0 Å². The van der Waals surface area contributed by atoms with E-state index in [-0.39, 0.29) is 11.7 Å². The van der Waals surface area contributed by atoms with Crippen LogP contribution < -0.4 is 0 Å². The van der Waals surface area contributed by atoms with Crippen molar-refractivity contribution in [1.29, 1.82) is 0 Å². The SMILES string of the molecule is Cc1nn2cc3c(nc2c1-c1ccc(Cl)cc1)CC(c1ccccc1)CC3=O. The summed E-state index contributed by atoms with van der Waals surface area (Å²) in [5.41, 5.74) is 6.38. The van der Waals surface area contributed by atoms with Gasteiger partial charge in [0.25, 0.3) is 0 Å². The number of halogens is 1. The molecular formula is C23H18ClN3O. The molecule has 0 spiro atoms. The highest BCUT2D eigenvalue weighted by atomic mass is 35.5. The van der Waals surface area contributed by atoms with Gasteiger partial charge in [0.2, 0.25) is 0 Å². The summed E-state index contributed by atoms with van der Waals surface area (Å²) in [5.74, 6) is 0.296. The Labute approximate surface area is 167 Å². The molecule has 1 atom stereocenters. The summed E-state index contributed by atoms with van der Waals surface area (Å²) in [6.07, 6.45) is 3.11. The fourth-order valence-electron chi connectivity index (χ4n) is 4.06. The van der Waals surface area contributed by atoms with E-state index in [1.165, 1.54) is 5.56 Å². The lowest BCUT2D eigenvalue weighted by Crippen LogP contribution is -2.21. The Morgan fingerprint density at radius 1 is 1.04 bits per heavy atom. The summed E-state index contributed by atoms with van der Waals surface area (Å²) in [6.45, 7) is 1.96. The van der Waals surface area contributed by atoms with Gasteiger partial charge in [-0.15, -0.1) is 0 Å². The number of rotatable bonds is 2. The number of carbonyl (C=O) groups is 1. The summed E-state index contributed by atoms with van der Waals surface area (Å²) in [6, 6.07) is 17.9. The van der Waals surface area contributed by atoms with Crippen molar-refractivity contribution < 1.29 is 4.79 Å². The van der Waals surface area contributed by atoms with Crippen molar-refractivity contribution >= 4 is 23.0 Å². The van der Waals surface area contributed by atoms with Crippen LogP contribution in [0.3, 0.4) is 0 Å². The van der Waals surface area contributed by atoms with E-state index in [0.29, 0.717) is 17.0 Å². The van der Waals surface area contributed by atoms with Crippen LogP contribution in [0.1, 0.15) is 39.6 Å². The maximum atomic E-state index is 12.8. The van der Waals surface area contributed by atoms with E-state index in [1.807, 2.05) is 55.6 Å². The van der Waals surface area contributed by atoms with Gasteiger partial charge in [0.15, 0.2) is 11.4 Å². The number of hydrogen-bond acceptors (Lipinski definition) is 3. The lowest BCUT2D eigenvalue weighted by Gasteiger charge is -2.23. The molecule has 4 aromatic rings. The second-order valence-corrected chi connectivity index (χ2v) is 7.71. The van der Waals surface area contributed by atoms with Gasteiger partial charge in [-0.3, -0.25) is 4.79 Å². The summed E-state index contributed by atoms with van der Waals surface area (Å²) < 4.78 is 1.73. The fraction of sp³-hybridized carbons (Fsp3) is 0.174. The first-order chi connectivity index (χ1) is 13.6. The van der Waals surface area contributed by atoms with Crippen LogP contribution in [0.25, 0.3) is 16.8 Å². The molecule has 5 rings (SSSR count). The van der Waals surface area contributed by atoms with Crippen LogP contribution in [0, 0.1) is 6.92 Å². The molecule has 2 heterocycles. The van der Waals surface area contributed by atoms with Gasteiger partial charge in [0.05, 0.1) is 17.0 Å². The Morgan fingerprint density at radius 2 is 1.79 bits per heavy atom. The zero-order chi connectivity index (χ0) is 19.3. The minimum atomic E-state index is 0.130. The minimum absolute atomic E-state index is 0.130. The number of aromatic nitrogens is 3. The fourth-order valence-corrected chi connectivity index (χ4v) is 4.19. The molecule has 1 unspecified atom stereocenters. The van der Waals surface area contributed by atoms with Crippen LogP contribution in [-0.4, -0.2) is 20.4 Å². The van der Waals surface area contributed by atoms with E-state index < -0.39 is 0 Å². The number of nitrogens with zero attached hydrogens (tertiary/aromatic N) is 3. The van der Waals surface area contributed by atoms with Gasteiger partial charge in [-0.2, -0.15) is 5.10 Å². The number of ketones is 1. The van der Waals surface area contributed by atoms with Gasteiger partial charge in [-0.05, 0) is 42.5 Å². The van der Waals surface area contributed by atoms with Gasteiger partial charge in [0, 0.05) is 23.2 Å². The van der Waals surface area contributed by atoms with Crippen LogP contribution in [0.4, 0.5) is 0 Å². The molecule has 5 heteroatoms. The van der Waals surface area contributed by atoms with Crippen LogP contribution >= 0.6 is 11.6 Å². The summed E-state index contributed by atoms with van der Waals surface area (Å²) >= 11 is 6.04. The number of hydrogen-bond donors (Lipinski definition) is 0. The van der Waals surface area contributed by atoms with Gasteiger partial charge in [-0.1, -0.05) is 54.1 Å². The minimum Gasteiger partial charge on any atom is -0.294 e. The molecule has 138 valence electrons. The first kappa shape index (κ1) is 17.1. The second-order valence-electron chi connectivity index (χ2n) is 7.28. The molecule has 0 N–H and O–H groups in total. The van der Waals surface area contributed by atoms with Gasteiger partial charge >= 0.3 is 0 Å². The average Bonchev–Trinajstić information content (AvgIpc) is 3.03. The molecule has 0 amide bonds. The smallest absolute Gasteiger partial charge is 0.166 e. The Bertz CT molecular complexity index is 1200. The first-order valence-corrected chi connectivity index (χ1v) is 9.71. The predicted molar refractivity (Wildman–Crippen MR) is 110 cm³/mol. The third-order valence-electron chi connectivity index (χ3n) is 5.44. The second kappa shape index (κ2) is 6.57. The largest absolute Gasteiger partial charge is 0.294 e. The van der Waals surface area contributed by atoms with Crippen molar-refractivity contribution in [3.8, 4) is 11.1 Å². The van der Waals surface area contributed by atoms with E-state index >= 15 is 0 Å². The van der Waals surface area contributed by atoms with E-state index in [4.69, 9.17) is 16.6 Å². The molecule has 0 radical (unpaired) electrons. The van der Waals surface area contributed by atoms with Crippen molar-refractivity contribution in [2.24, 2.45) is 0 Å². The summed E-state index contributed by atoms with van der Waals surface area (Å²) in [4.78, 5) is 17.7. The quantitative estimate of drug-likeness (QED) is 0.470. The standard InChI is InChI=1S/C23H18ClN3O/c1-14-22(16-7-9-18(24)10-8-16)23-25-20-11-17(15-5-3-2-4-6-15)12-21(28)19(20)13-27(23)26-14/h2-10,13,17H,11-12H2,1H3. The lowest BCUT2D eigenvalue weighted by molar-refractivity contribution is 0.0962. The zero-order valence-electron chi connectivity index (χ0n) is 15.4. The molecule has 0 bridgehead atoms. The number of aryl methyl sites for hydroxylation is 1. The number of benzene rings is 2. The lowest BCUT2D eigenvalue weighted by atomic mass is 9.82. The first-order valence-electron chi connectivity index (χ1n) is 9.33. The maximum Gasteiger partial charge on any atom is 0.166 e. The van der Waals surface area contributed by atoms with E-state index in [2.05, 4.69) is 17.2 Å². The van der Waals surface area contributed by atoms with Crippen LogP contribution in [0.15, 0.2) is 60.8 Å². The Kier molecular flexibility index (Phi) is 4.02. The molecule has 2 aromatic carbocycles. The molecule has 1 aliphatic carbocycles. The highest BCUT2D eigenvalue weighted by Crippen LogP contribution is 2.34. The zero-order valence-corrected chi connectivity index (χ0v) is 16.1. The van der Waals surface area contributed by atoms with Crippen molar-refractivity contribution in [2.45, 2.75) is 25.7 Å². The van der Waals surface area contributed by atoms with E-state index in [1.54, 1.807) is 4.52 Å². The molecule has 0 fully saturated rings. The monoisotopic (exact) mass is 387 g/mol. The molecule has 28 heavy (non-hydrogen) atoms. The Morgan fingerprint density at radius 3 is 2.54 bits per heavy atom. The molecule has 0 aliphatic heterocycles. The molecule has 1 aliphatic rings. The molecular weight excluding hydrogens is 370 g/mol. The van der Waals surface area contributed by atoms with Crippen molar-refractivity contribution in [2.75, 3.05) is 0 Å². The van der Waals surface area contributed by atoms with E-state index in [9.17, 15) is 4.79 Å². The van der Waals surface area contributed by atoms with Crippen molar-refractivity contribution in [1.82, 2.24) is 14.6 Å². The molecule has 0 saturated heterocycles. The molecule has 4 nitrogen and oxygen atoms in total. The number of carbonyl (C=O) groups excluding carboxylic acids is 1. The summed E-state index contributed by atoms with van der Waals surface area (Å²) in [7, 11) is 0. The Hall–Kier alpha value is -2.98. The normalized spacial score (nSPS) is 16.4. The van der Waals surface area contributed by atoms with Gasteiger partial charge < -0.3 is 0 Å².